The van der Waals surface area contributed by atoms with Crippen molar-refractivity contribution in [2.75, 3.05) is 0 Å². The van der Waals surface area contributed by atoms with Gasteiger partial charge in [-0.25, -0.2) is 5.43 Å². The Hall–Kier alpha value is -1.64. The molecule has 1 N–H and O–H groups in total. The third-order valence-electron chi connectivity index (χ3n) is 2.84. The molecular weight excluding hydrogens is 224 g/mol. The van der Waals surface area contributed by atoms with Crippen molar-refractivity contribution in [2.45, 2.75) is 46.0 Å². The maximum Gasteiger partial charge on any atom is 0.240 e. The van der Waals surface area contributed by atoms with Gasteiger partial charge in [0.2, 0.25) is 5.91 Å². The lowest BCUT2D eigenvalue weighted by Gasteiger charge is -2.00. The van der Waals surface area contributed by atoms with Crippen LogP contribution >= 0.6 is 0 Å². The molecule has 98 valence electrons. The molecule has 0 aromatic heterocycles. The number of amides is 1. The van der Waals surface area contributed by atoms with Gasteiger partial charge < -0.3 is 0 Å². The first-order valence-corrected chi connectivity index (χ1v) is 6.61. The van der Waals surface area contributed by atoms with Crippen LogP contribution in [-0.4, -0.2) is 12.1 Å². The van der Waals surface area contributed by atoms with Gasteiger partial charge in [-0.05, 0) is 24.5 Å². The summed E-state index contributed by atoms with van der Waals surface area (Å²) in [5.74, 6) is -0.00376. The molecule has 18 heavy (non-hydrogen) atoms. The number of unbranched alkanes of at least 4 members (excludes halogenated alkanes) is 3. The lowest BCUT2D eigenvalue weighted by molar-refractivity contribution is -0.121. The summed E-state index contributed by atoms with van der Waals surface area (Å²) in [5.41, 5.74) is 4.75. The van der Waals surface area contributed by atoms with E-state index in [1.807, 2.05) is 31.2 Å². The minimum absolute atomic E-state index is 0.00376. The zero-order valence-electron chi connectivity index (χ0n) is 11.3. The van der Waals surface area contributed by atoms with Crippen molar-refractivity contribution in [3.05, 3.63) is 35.4 Å². The highest BCUT2D eigenvalue weighted by atomic mass is 16.2. The maximum absolute atomic E-state index is 11.5. The van der Waals surface area contributed by atoms with Crippen LogP contribution in [0.4, 0.5) is 0 Å². The van der Waals surface area contributed by atoms with E-state index in [2.05, 4.69) is 17.5 Å². The predicted molar refractivity (Wildman–Crippen MR) is 75.7 cm³/mol. The van der Waals surface area contributed by atoms with E-state index in [0.29, 0.717) is 6.42 Å². The molecule has 3 heteroatoms. The van der Waals surface area contributed by atoms with Gasteiger partial charge in [0, 0.05) is 6.42 Å². The Balaban J connectivity index is 2.28. The fourth-order valence-corrected chi connectivity index (χ4v) is 1.67. The lowest BCUT2D eigenvalue weighted by atomic mass is 10.1. The van der Waals surface area contributed by atoms with Gasteiger partial charge in [0.1, 0.15) is 0 Å². The highest BCUT2D eigenvalue weighted by Crippen LogP contribution is 2.04. The summed E-state index contributed by atoms with van der Waals surface area (Å²) < 4.78 is 0. The monoisotopic (exact) mass is 246 g/mol. The van der Waals surface area contributed by atoms with Gasteiger partial charge >= 0.3 is 0 Å². The number of aryl methyl sites for hydroxylation is 1. The molecular formula is C15H22N2O. The molecule has 1 aromatic carbocycles. The molecule has 0 bridgehead atoms. The van der Waals surface area contributed by atoms with E-state index in [1.165, 1.54) is 12.8 Å². The molecule has 0 aliphatic carbocycles. The van der Waals surface area contributed by atoms with Crippen molar-refractivity contribution in [1.82, 2.24) is 5.43 Å². The van der Waals surface area contributed by atoms with Crippen LogP contribution in [-0.2, 0) is 4.79 Å². The Kier molecular flexibility index (Phi) is 6.77. The number of carbonyl (C=O) groups is 1. The summed E-state index contributed by atoms with van der Waals surface area (Å²) in [5, 5.41) is 3.98. The molecule has 0 aliphatic rings. The van der Waals surface area contributed by atoms with Gasteiger partial charge in [-0.1, -0.05) is 50.5 Å². The second-order valence-electron chi connectivity index (χ2n) is 4.46. The molecule has 0 saturated carbocycles. The molecule has 0 atom stereocenters. The van der Waals surface area contributed by atoms with Crippen LogP contribution in [0.2, 0.25) is 0 Å². The number of nitrogens with zero attached hydrogens (tertiary/aromatic N) is 1. The molecule has 0 radical (unpaired) electrons. The molecule has 0 aliphatic heterocycles. The number of carbonyl (C=O) groups excluding carboxylic acids is 1. The Morgan fingerprint density at radius 2 is 2.06 bits per heavy atom. The highest BCUT2D eigenvalue weighted by molar-refractivity contribution is 5.83. The van der Waals surface area contributed by atoms with Crippen molar-refractivity contribution in [3.63, 3.8) is 0 Å². The zero-order chi connectivity index (χ0) is 13.2. The van der Waals surface area contributed by atoms with Crippen molar-refractivity contribution in [2.24, 2.45) is 5.10 Å². The largest absolute Gasteiger partial charge is 0.273 e. The van der Waals surface area contributed by atoms with Gasteiger partial charge in [0.05, 0.1) is 6.21 Å². The molecule has 0 heterocycles. The number of hydrogen-bond acceptors (Lipinski definition) is 2. The quantitative estimate of drug-likeness (QED) is 0.447. The third kappa shape index (κ3) is 5.62. The minimum atomic E-state index is -0.00376. The van der Waals surface area contributed by atoms with E-state index in [0.717, 1.165) is 24.0 Å². The molecule has 0 spiro atoms. The topological polar surface area (TPSA) is 41.5 Å². The van der Waals surface area contributed by atoms with Gasteiger partial charge in [-0.15, -0.1) is 0 Å². The Labute approximate surface area is 109 Å². The molecule has 1 amide bonds. The summed E-state index contributed by atoms with van der Waals surface area (Å²) in [7, 11) is 0. The fourth-order valence-electron chi connectivity index (χ4n) is 1.67. The number of nitrogens with one attached hydrogen (secondary N) is 1. The fraction of sp³-hybridized carbons (Fsp3) is 0.467. The molecule has 0 fully saturated rings. The van der Waals surface area contributed by atoms with E-state index in [4.69, 9.17) is 0 Å². The SMILES string of the molecule is CCCCCCC(=O)N/N=C/c1ccccc1C. The Bertz CT molecular complexity index is 399. The summed E-state index contributed by atoms with van der Waals surface area (Å²) in [4.78, 5) is 11.5. The van der Waals surface area contributed by atoms with Crippen LogP contribution in [0, 0.1) is 6.92 Å². The highest BCUT2D eigenvalue weighted by Gasteiger charge is 1.98. The van der Waals surface area contributed by atoms with Crippen LogP contribution < -0.4 is 5.43 Å². The lowest BCUT2D eigenvalue weighted by Crippen LogP contribution is -2.16. The Morgan fingerprint density at radius 3 is 2.78 bits per heavy atom. The average molecular weight is 246 g/mol. The minimum Gasteiger partial charge on any atom is -0.273 e. The number of benzene rings is 1. The summed E-state index contributed by atoms with van der Waals surface area (Å²) >= 11 is 0. The van der Waals surface area contributed by atoms with E-state index in [1.54, 1.807) is 6.21 Å². The van der Waals surface area contributed by atoms with E-state index in [9.17, 15) is 4.79 Å². The molecule has 1 aromatic rings. The number of hydrogen-bond donors (Lipinski definition) is 1. The summed E-state index contributed by atoms with van der Waals surface area (Å²) in [6.45, 7) is 4.18. The first kappa shape index (κ1) is 14.4. The van der Waals surface area contributed by atoms with Crippen molar-refractivity contribution in [1.29, 1.82) is 0 Å². The zero-order valence-corrected chi connectivity index (χ0v) is 11.3. The van der Waals surface area contributed by atoms with Crippen LogP contribution in [0.15, 0.2) is 29.4 Å². The second kappa shape index (κ2) is 8.45. The molecule has 0 unspecified atom stereocenters. The third-order valence-corrected chi connectivity index (χ3v) is 2.84. The van der Waals surface area contributed by atoms with E-state index in [-0.39, 0.29) is 5.91 Å². The normalized spacial score (nSPS) is 10.8. The molecule has 0 saturated heterocycles. The average Bonchev–Trinajstić information content (AvgIpc) is 2.37. The van der Waals surface area contributed by atoms with Crippen LogP contribution in [0.1, 0.15) is 50.2 Å². The van der Waals surface area contributed by atoms with Crippen LogP contribution in [0.3, 0.4) is 0 Å². The molecule has 1 rings (SSSR count). The molecule has 3 nitrogen and oxygen atoms in total. The van der Waals surface area contributed by atoms with Gasteiger partial charge in [0.25, 0.3) is 0 Å². The number of hydrazone groups is 1. The maximum atomic E-state index is 11.5. The summed E-state index contributed by atoms with van der Waals surface area (Å²) in [6, 6.07) is 7.94. The van der Waals surface area contributed by atoms with Gasteiger partial charge in [0.15, 0.2) is 0 Å². The van der Waals surface area contributed by atoms with Crippen LogP contribution in [0.25, 0.3) is 0 Å². The number of rotatable bonds is 7. The predicted octanol–water partition coefficient (Wildman–Crippen LogP) is 3.42. The van der Waals surface area contributed by atoms with Crippen molar-refractivity contribution in [3.8, 4) is 0 Å². The van der Waals surface area contributed by atoms with Crippen molar-refractivity contribution >= 4 is 12.1 Å². The standard InChI is InChI=1S/C15H22N2O/c1-3-4-5-6-11-15(18)17-16-12-14-10-8-7-9-13(14)2/h7-10,12H,3-6,11H2,1-2H3,(H,17,18)/b16-12+. The summed E-state index contributed by atoms with van der Waals surface area (Å²) in [6.07, 6.45) is 6.70. The van der Waals surface area contributed by atoms with E-state index >= 15 is 0 Å². The smallest absolute Gasteiger partial charge is 0.240 e. The van der Waals surface area contributed by atoms with Gasteiger partial charge in [-0.2, -0.15) is 5.10 Å². The van der Waals surface area contributed by atoms with Gasteiger partial charge in [-0.3, -0.25) is 4.79 Å². The first-order valence-electron chi connectivity index (χ1n) is 6.61. The van der Waals surface area contributed by atoms with E-state index < -0.39 is 0 Å². The Morgan fingerprint density at radius 1 is 1.28 bits per heavy atom. The van der Waals surface area contributed by atoms with Crippen molar-refractivity contribution < 1.29 is 4.79 Å². The second-order valence-corrected chi connectivity index (χ2v) is 4.46. The first-order chi connectivity index (χ1) is 8.74. The van der Waals surface area contributed by atoms with Crippen LogP contribution in [0.5, 0.6) is 0 Å².